The molecule has 0 saturated carbocycles. The third-order valence-electron chi connectivity index (χ3n) is 2.91. The summed E-state index contributed by atoms with van der Waals surface area (Å²) in [4.78, 5) is 24.9. The van der Waals surface area contributed by atoms with E-state index in [4.69, 9.17) is 17.3 Å². The van der Waals surface area contributed by atoms with Crippen LogP contribution in [0.5, 0.6) is 0 Å². The molecule has 1 aromatic carbocycles. The lowest BCUT2D eigenvalue weighted by molar-refractivity contribution is -0.126. The van der Waals surface area contributed by atoms with E-state index < -0.39 is 0 Å². The normalized spacial score (nSPS) is 19.1. The zero-order chi connectivity index (χ0) is 13.3. The minimum atomic E-state index is -0.305. The SMILES string of the molecule is CN1CC(NC(=O)c2cc(N)ccc2Cl)CC1=O. The fourth-order valence-corrected chi connectivity index (χ4v) is 2.14. The number of carbonyl (C=O) groups is 2. The number of carbonyl (C=O) groups excluding carboxylic acids is 2. The van der Waals surface area contributed by atoms with Crippen LogP contribution in [0.1, 0.15) is 16.8 Å². The van der Waals surface area contributed by atoms with Crippen molar-refractivity contribution in [3.05, 3.63) is 28.8 Å². The number of nitrogens with two attached hydrogens (primary N) is 1. The molecule has 6 heteroatoms. The van der Waals surface area contributed by atoms with Crippen molar-refractivity contribution >= 4 is 29.1 Å². The lowest BCUT2D eigenvalue weighted by Crippen LogP contribution is -2.36. The van der Waals surface area contributed by atoms with Gasteiger partial charge in [0.15, 0.2) is 0 Å². The van der Waals surface area contributed by atoms with Gasteiger partial charge in [-0.05, 0) is 18.2 Å². The summed E-state index contributed by atoms with van der Waals surface area (Å²) in [5.74, 6) is -0.278. The topological polar surface area (TPSA) is 75.4 Å². The van der Waals surface area contributed by atoms with Gasteiger partial charge in [-0.25, -0.2) is 0 Å². The monoisotopic (exact) mass is 267 g/mol. The Bertz CT molecular complexity index is 504. The van der Waals surface area contributed by atoms with Crippen LogP contribution in [-0.4, -0.2) is 36.3 Å². The van der Waals surface area contributed by atoms with E-state index in [0.29, 0.717) is 29.2 Å². The molecule has 0 bridgehead atoms. The molecule has 0 aliphatic carbocycles. The Balaban J connectivity index is 2.08. The van der Waals surface area contributed by atoms with Crippen LogP contribution in [0.3, 0.4) is 0 Å². The number of anilines is 1. The maximum Gasteiger partial charge on any atom is 0.253 e. The number of nitrogens with one attached hydrogen (secondary N) is 1. The van der Waals surface area contributed by atoms with Gasteiger partial charge in [-0.2, -0.15) is 0 Å². The molecule has 0 radical (unpaired) electrons. The molecular weight excluding hydrogens is 254 g/mol. The first-order valence-corrected chi connectivity index (χ1v) is 5.95. The molecule has 2 amide bonds. The Morgan fingerprint density at radius 2 is 2.28 bits per heavy atom. The molecule has 96 valence electrons. The summed E-state index contributed by atoms with van der Waals surface area (Å²) in [6, 6.07) is 4.56. The average Bonchev–Trinajstić information content (AvgIpc) is 2.61. The predicted molar refractivity (Wildman–Crippen MR) is 69.4 cm³/mol. The van der Waals surface area contributed by atoms with Gasteiger partial charge in [-0.1, -0.05) is 11.6 Å². The van der Waals surface area contributed by atoms with E-state index in [2.05, 4.69) is 5.32 Å². The van der Waals surface area contributed by atoms with E-state index in [0.717, 1.165) is 0 Å². The number of nitrogens with zero attached hydrogens (tertiary/aromatic N) is 1. The first-order valence-electron chi connectivity index (χ1n) is 5.57. The number of rotatable bonds is 2. The second-order valence-corrected chi connectivity index (χ2v) is 4.80. The second-order valence-electron chi connectivity index (χ2n) is 4.39. The molecule has 3 N–H and O–H groups in total. The molecule has 1 saturated heterocycles. The summed E-state index contributed by atoms with van der Waals surface area (Å²) < 4.78 is 0. The minimum Gasteiger partial charge on any atom is -0.399 e. The molecule has 0 spiro atoms. The smallest absolute Gasteiger partial charge is 0.253 e. The van der Waals surface area contributed by atoms with Crippen LogP contribution in [0, 0.1) is 0 Å². The van der Waals surface area contributed by atoms with Crippen LogP contribution >= 0.6 is 11.6 Å². The highest BCUT2D eigenvalue weighted by Gasteiger charge is 2.28. The number of amides is 2. The van der Waals surface area contributed by atoms with E-state index in [-0.39, 0.29) is 17.9 Å². The van der Waals surface area contributed by atoms with Crippen molar-refractivity contribution in [1.82, 2.24) is 10.2 Å². The number of likely N-dealkylation sites (N-methyl/N-ethyl adjacent to an activating group) is 1. The van der Waals surface area contributed by atoms with Gasteiger partial charge in [-0.3, -0.25) is 9.59 Å². The second kappa shape index (κ2) is 4.86. The summed E-state index contributed by atoms with van der Waals surface area (Å²) in [7, 11) is 1.71. The average molecular weight is 268 g/mol. The number of hydrogen-bond acceptors (Lipinski definition) is 3. The molecule has 18 heavy (non-hydrogen) atoms. The van der Waals surface area contributed by atoms with Crippen molar-refractivity contribution in [3.8, 4) is 0 Å². The van der Waals surface area contributed by atoms with Gasteiger partial charge in [0.05, 0.1) is 16.6 Å². The Morgan fingerprint density at radius 3 is 2.89 bits per heavy atom. The van der Waals surface area contributed by atoms with Gasteiger partial charge in [0, 0.05) is 25.7 Å². The zero-order valence-corrected chi connectivity index (χ0v) is 10.7. The maximum absolute atomic E-state index is 12.0. The van der Waals surface area contributed by atoms with Crippen molar-refractivity contribution in [3.63, 3.8) is 0 Å². The molecule has 1 heterocycles. The van der Waals surface area contributed by atoms with E-state index >= 15 is 0 Å². The fraction of sp³-hybridized carbons (Fsp3) is 0.333. The molecule has 0 aromatic heterocycles. The predicted octanol–water partition coefficient (Wildman–Crippen LogP) is 0.883. The molecule has 1 atom stereocenters. The van der Waals surface area contributed by atoms with E-state index in [9.17, 15) is 9.59 Å². The van der Waals surface area contributed by atoms with Crippen LogP contribution in [0.25, 0.3) is 0 Å². The number of nitrogen functional groups attached to an aromatic ring is 1. The van der Waals surface area contributed by atoms with E-state index in [1.54, 1.807) is 24.1 Å². The lowest BCUT2D eigenvalue weighted by atomic mass is 10.1. The van der Waals surface area contributed by atoms with Gasteiger partial charge in [0.2, 0.25) is 5.91 Å². The summed E-state index contributed by atoms with van der Waals surface area (Å²) in [6.07, 6.45) is 0.322. The Kier molecular flexibility index (Phi) is 3.43. The largest absolute Gasteiger partial charge is 0.399 e. The number of halogens is 1. The van der Waals surface area contributed by atoms with Gasteiger partial charge in [0.25, 0.3) is 5.91 Å². The number of likely N-dealkylation sites (tertiary alicyclic amines) is 1. The maximum atomic E-state index is 12.0. The molecule has 1 unspecified atom stereocenters. The summed E-state index contributed by atoms with van der Waals surface area (Å²) >= 11 is 5.94. The summed E-state index contributed by atoms with van der Waals surface area (Å²) in [5, 5.41) is 3.13. The van der Waals surface area contributed by atoms with Crippen LogP contribution in [0.15, 0.2) is 18.2 Å². The molecule has 5 nitrogen and oxygen atoms in total. The molecular formula is C12H14ClN3O2. The lowest BCUT2D eigenvalue weighted by Gasteiger charge is -2.13. The van der Waals surface area contributed by atoms with Crippen molar-refractivity contribution in [1.29, 1.82) is 0 Å². The fourth-order valence-electron chi connectivity index (χ4n) is 1.94. The van der Waals surface area contributed by atoms with Crippen LogP contribution in [-0.2, 0) is 4.79 Å². The van der Waals surface area contributed by atoms with Gasteiger partial charge in [-0.15, -0.1) is 0 Å². The van der Waals surface area contributed by atoms with Gasteiger partial charge in [0.1, 0.15) is 0 Å². The Labute approximate surface area is 110 Å². The third-order valence-corrected chi connectivity index (χ3v) is 3.24. The van der Waals surface area contributed by atoms with E-state index in [1.165, 1.54) is 6.07 Å². The minimum absolute atomic E-state index is 0.0268. The van der Waals surface area contributed by atoms with Crippen molar-refractivity contribution in [2.24, 2.45) is 0 Å². The number of benzene rings is 1. The van der Waals surface area contributed by atoms with Crippen molar-refractivity contribution in [2.75, 3.05) is 19.3 Å². The summed E-state index contributed by atoms with van der Waals surface area (Å²) in [6.45, 7) is 0.518. The molecule has 1 aliphatic heterocycles. The standard InChI is InChI=1S/C12H14ClN3O2/c1-16-6-8(5-11(16)17)15-12(18)9-4-7(14)2-3-10(9)13/h2-4,8H,5-6,14H2,1H3,(H,15,18). The Hall–Kier alpha value is -1.75. The Morgan fingerprint density at radius 1 is 1.56 bits per heavy atom. The van der Waals surface area contributed by atoms with Gasteiger partial charge >= 0.3 is 0 Å². The highest BCUT2D eigenvalue weighted by atomic mass is 35.5. The number of hydrogen-bond donors (Lipinski definition) is 2. The molecule has 1 aromatic rings. The quantitative estimate of drug-likeness (QED) is 0.781. The third kappa shape index (κ3) is 2.56. The summed E-state index contributed by atoms with van der Waals surface area (Å²) in [5.41, 5.74) is 6.42. The first-order chi connectivity index (χ1) is 8.47. The zero-order valence-electron chi connectivity index (χ0n) is 9.94. The van der Waals surface area contributed by atoms with Gasteiger partial charge < -0.3 is 16.0 Å². The first kappa shape index (κ1) is 12.7. The van der Waals surface area contributed by atoms with Crippen LogP contribution in [0.2, 0.25) is 5.02 Å². The van der Waals surface area contributed by atoms with Crippen LogP contribution in [0.4, 0.5) is 5.69 Å². The highest BCUT2D eigenvalue weighted by molar-refractivity contribution is 6.34. The molecule has 2 rings (SSSR count). The van der Waals surface area contributed by atoms with E-state index in [1.807, 2.05) is 0 Å². The molecule has 1 aliphatic rings. The van der Waals surface area contributed by atoms with Crippen molar-refractivity contribution in [2.45, 2.75) is 12.5 Å². The van der Waals surface area contributed by atoms with Crippen molar-refractivity contribution < 1.29 is 9.59 Å². The van der Waals surface area contributed by atoms with Crippen LogP contribution < -0.4 is 11.1 Å². The highest BCUT2D eigenvalue weighted by Crippen LogP contribution is 2.19. The molecule has 1 fully saturated rings.